The lowest BCUT2D eigenvalue weighted by Gasteiger charge is -2.35. The van der Waals surface area contributed by atoms with E-state index in [0.29, 0.717) is 16.5 Å². The van der Waals surface area contributed by atoms with E-state index in [1.807, 2.05) is 0 Å². The predicted octanol–water partition coefficient (Wildman–Crippen LogP) is 2.78. The van der Waals surface area contributed by atoms with Gasteiger partial charge in [0.2, 0.25) is 0 Å². The summed E-state index contributed by atoms with van der Waals surface area (Å²) in [4.78, 5) is 12.2. The smallest absolute Gasteiger partial charge is 0.140 e. The maximum atomic E-state index is 11.8. The standard InChI is InChI=1S/C10H15BrO/c1-9(2)6-4-7(11)10(9,3)8(12)5-6/h6-7H,4-5H2,1-3H3/t6-,7+,10+/m0/s1. The van der Waals surface area contributed by atoms with E-state index in [-0.39, 0.29) is 10.8 Å². The lowest BCUT2D eigenvalue weighted by atomic mass is 9.70. The summed E-state index contributed by atoms with van der Waals surface area (Å²) < 4.78 is 0. The van der Waals surface area contributed by atoms with Gasteiger partial charge in [0.1, 0.15) is 5.78 Å². The number of hydrogen-bond donors (Lipinski definition) is 0. The van der Waals surface area contributed by atoms with Crippen molar-refractivity contribution < 1.29 is 4.79 Å². The number of rotatable bonds is 0. The molecule has 3 atom stereocenters. The zero-order valence-corrected chi connectivity index (χ0v) is 9.44. The first-order chi connectivity index (χ1) is 5.40. The Balaban J connectivity index is 2.51. The Morgan fingerprint density at radius 2 is 2.00 bits per heavy atom. The average molecular weight is 231 g/mol. The molecule has 0 aromatic rings. The highest BCUT2D eigenvalue weighted by Crippen LogP contribution is 2.65. The van der Waals surface area contributed by atoms with Crippen molar-refractivity contribution in [3.63, 3.8) is 0 Å². The minimum atomic E-state index is -0.0995. The Morgan fingerprint density at radius 1 is 1.42 bits per heavy atom. The van der Waals surface area contributed by atoms with Gasteiger partial charge in [0.05, 0.1) is 0 Å². The number of halogens is 1. The van der Waals surface area contributed by atoms with Crippen molar-refractivity contribution in [1.82, 2.24) is 0 Å². The second-order valence-electron chi connectivity index (χ2n) is 4.95. The molecule has 0 unspecified atom stereocenters. The summed E-state index contributed by atoms with van der Waals surface area (Å²) in [6.07, 6.45) is 1.99. The van der Waals surface area contributed by atoms with Gasteiger partial charge in [0.15, 0.2) is 0 Å². The lowest BCUT2D eigenvalue weighted by molar-refractivity contribution is -0.127. The number of alkyl halides is 1. The molecular weight excluding hydrogens is 216 g/mol. The normalized spacial score (nSPS) is 50.2. The number of carbonyl (C=O) groups is 1. The van der Waals surface area contributed by atoms with Crippen LogP contribution in [0.25, 0.3) is 0 Å². The highest BCUT2D eigenvalue weighted by atomic mass is 79.9. The fourth-order valence-electron chi connectivity index (χ4n) is 2.92. The maximum absolute atomic E-state index is 11.8. The van der Waals surface area contributed by atoms with E-state index in [0.717, 1.165) is 6.42 Å². The Hall–Kier alpha value is 0.150. The highest BCUT2D eigenvalue weighted by molar-refractivity contribution is 9.09. The monoisotopic (exact) mass is 230 g/mol. The molecule has 68 valence electrons. The highest BCUT2D eigenvalue weighted by Gasteiger charge is 2.65. The summed E-state index contributed by atoms with van der Waals surface area (Å²) in [5.41, 5.74) is 0.107. The van der Waals surface area contributed by atoms with Crippen molar-refractivity contribution in [2.75, 3.05) is 0 Å². The molecule has 0 aromatic carbocycles. The zero-order valence-electron chi connectivity index (χ0n) is 7.86. The molecule has 0 amide bonds. The quantitative estimate of drug-likeness (QED) is 0.586. The van der Waals surface area contributed by atoms with E-state index in [2.05, 4.69) is 36.7 Å². The van der Waals surface area contributed by atoms with E-state index < -0.39 is 0 Å². The van der Waals surface area contributed by atoms with Gasteiger partial charge < -0.3 is 0 Å². The average Bonchev–Trinajstić information content (AvgIpc) is 2.20. The van der Waals surface area contributed by atoms with Crippen LogP contribution in [-0.4, -0.2) is 10.6 Å². The molecule has 1 nitrogen and oxygen atoms in total. The molecule has 2 bridgehead atoms. The first-order valence-electron chi connectivity index (χ1n) is 4.58. The summed E-state index contributed by atoms with van der Waals surface area (Å²) in [7, 11) is 0. The Bertz CT molecular complexity index is 246. The third kappa shape index (κ3) is 0.688. The van der Waals surface area contributed by atoms with Crippen LogP contribution in [0.2, 0.25) is 0 Å². The van der Waals surface area contributed by atoms with Crippen LogP contribution in [0.1, 0.15) is 33.6 Å². The second-order valence-corrected chi connectivity index (χ2v) is 6.06. The number of hydrogen-bond acceptors (Lipinski definition) is 1. The Labute approximate surface area is 82.0 Å². The summed E-state index contributed by atoms with van der Waals surface area (Å²) in [6.45, 7) is 6.61. The molecule has 2 aliphatic carbocycles. The minimum absolute atomic E-state index is 0.0995. The van der Waals surface area contributed by atoms with Crippen LogP contribution in [0, 0.1) is 16.7 Å². The molecule has 2 heteroatoms. The zero-order chi connectivity index (χ0) is 9.15. The van der Waals surface area contributed by atoms with Gasteiger partial charge in [-0.2, -0.15) is 0 Å². The van der Waals surface area contributed by atoms with Gasteiger partial charge in [-0.1, -0.05) is 36.7 Å². The molecule has 0 radical (unpaired) electrons. The number of fused-ring (bicyclic) bond motifs is 2. The van der Waals surface area contributed by atoms with E-state index in [1.54, 1.807) is 0 Å². The first kappa shape index (κ1) is 8.74. The van der Waals surface area contributed by atoms with Crippen LogP contribution in [0.15, 0.2) is 0 Å². The van der Waals surface area contributed by atoms with Gasteiger partial charge in [-0.3, -0.25) is 4.79 Å². The molecule has 12 heavy (non-hydrogen) atoms. The molecular formula is C10H15BrO. The minimum Gasteiger partial charge on any atom is -0.299 e. The molecule has 2 rings (SSSR count). The van der Waals surface area contributed by atoms with Crippen molar-refractivity contribution in [3.8, 4) is 0 Å². The van der Waals surface area contributed by atoms with Crippen LogP contribution in [0.5, 0.6) is 0 Å². The van der Waals surface area contributed by atoms with Crippen LogP contribution >= 0.6 is 15.9 Å². The van der Waals surface area contributed by atoms with Crippen LogP contribution in [-0.2, 0) is 4.79 Å². The maximum Gasteiger partial charge on any atom is 0.140 e. The van der Waals surface area contributed by atoms with Crippen molar-refractivity contribution in [2.45, 2.75) is 38.4 Å². The van der Waals surface area contributed by atoms with Crippen LogP contribution in [0.4, 0.5) is 0 Å². The Kier molecular flexibility index (Phi) is 1.56. The molecule has 0 aliphatic heterocycles. The molecule has 2 saturated carbocycles. The summed E-state index contributed by atoms with van der Waals surface area (Å²) in [6, 6.07) is 0. The van der Waals surface area contributed by atoms with E-state index in [9.17, 15) is 4.79 Å². The van der Waals surface area contributed by atoms with Crippen molar-refractivity contribution in [1.29, 1.82) is 0 Å². The largest absolute Gasteiger partial charge is 0.299 e. The van der Waals surface area contributed by atoms with Gasteiger partial charge >= 0.3 is 0 Å². The van der Waals surface area contributed by atoms with E-state index in [4.69, 9.17) is 0 Å². The number of carbonyl (C=O) groups excluding carboxylic acids is 1. The Morgan fingerprint density at radius 3 is 2.25 bits per heavy atom. The second kappa shape index (κ2) is 2.14. The molecule has 0 spiro atoms. The van der Waals surface area contributed by atoms with Crippen molar-refractivity contribution >= 4 is 21.7 Å². The molecule has 0 saturated heterocycles. The van der Waals surface area contributed by atoms with Gasteiger partial charge in [-0.25, -0.2) is 0 Å². The van der Waals surface area contributed by atoms with E-state index in [1.165, 1.54) is 6.42 Å². The number of Topliss-reactive ketones (excluding diaryl/α,β-unsaturated/α-hetero) is 1. The van der Waals surface area contributed by atoms with Gasteiger partial charge in [-0.15, -0.1) is 0 Å². The molecule has 0 heterocycles. The number of ketones is 1. The molecule has 2 aliphatic rings. The fourth-order valence-corrected chi connectivity index (χ4v) is 4.21. The van der Waals surface area contributed by atoms with Gasteiger partial charge in [0.25, 0.3) is 0 Å². The van der Waals surface area contributed by atoms with Gasteiger partial charge in [0, 0.05) is 16.7 Å². The topological polar surface area (TPSA) is 17.1 Å². The third-order valence-electron chi connectivity index (χ3n) is 4.49. The first-order valence-corrected chi connectivity index (χ1v) is 5.49. The summed E-state index contributed by atoms with van der Waals surface area (Å²) in [5, 5.41) is 0. The fraction of sp³-hybridized carbons (Fsp3) is 0.900. The van der Waals surface area contributed by atoms with E-state index >= 15 is 0 Å². The molecule has 0 N–H and O–H groups in total. The van der Waals surface area contributed by atoms with Gasteiger partial charge in [-0.05, 0) is 17.8 Å². The van der Waals surface area contributed by atoms with Crippen LogP contribution in [0.3, 0.4) is 0 Å². The SMILES string of the molecule is CC1(C)[C@@H]2CC(=O)[C@@]1(C)[C@H](Br)C2. The molecule has 0 aromatic heterocycles. The summed E-state index contributed by atoms with van der Waals surface area (Å²) in [5.74, 6) is 1.07. The third-order valence-corrected chi connectivity index (χ3v) is 5.78. The molecule has 2 fully saturated rings. The lowest BCUT2D eigenvalue weighted by Crippen LogP contribution is -2.38. The summed E-state index contributed by atoms with van der Waals surface area (Å²) >= 11 is 3.65. The predicted molar refractivity (Wildman–Crippen MR) is 52.3 cm³/mol. The van der Waals surface area contributed by atoms with Crippen molar-refractivity contribution in [2.24, 2.45) is 16.7 Å². The van der Waals surface area contributed by atoms with Crippen molar-refractivity contribution in [3.05, 3.63) is 0 Å². The van der Waals surface area contributed by atoms with Crippen LogP contribution < -0.4 is 0 Å².